The second-order valence-corrected chi connectivity index (χ2v) is 4.31. The van der Waals surface area contributed by atoms with E-state index in [0.29, 0.717) is 6.42 Å². The summed E-state index contributed by atoms with van der Waals surface area (Å²) in [6, 6.07) is -1.47. The van der Waals surface area contributed by atoms with Crippen molar-refractivity contribution >= 4 is 0 Å². The molecule has 0 saturated carbocycles. The van der Waals surface area contributed by atoms with Crippen LogP contribution in [0.1, 0.15) is 6.42 Å². The predicted molar refractivity (Wildman–Crippen MR) is 50.0 cm³/mol. The minimum absolute atomic E-state index is 0.149. The van der Waals surface area contributed by atoms with Gasteiger partial charge in [-0.3, -0.25) is 4.90 Å². The number of nitrogens with zero attached hydrogens (tertiary/aromatic N) is 1. The van der Waals surface area contributed by atoms with Crippen LogP contribution in [0.3, 0.4) is 0 Å². The molecule has 2 heterocycles. The van der Waals surface area contributed by atoms with Crippen LogP contribution in [0.25, 0.3) is 0 Å². The van der Waals surface area contributed by atoms with Crippen LogP contribution in [0.15, 0.2) is 0 Å². The first-order valence-electron chi connectivity index (χ1n) is 5.15. The van der Waals surface area contributed by atoms with E-state index >= 15 is 0 Å². The highest BCUT2D eigenvalue weighted by atomic mass is 16.3. The van der Waals surface area contributed by atoms with Gasteiger partial charge in [0.2, 0.25) is 0 Å². The Kier molecular flexibility index (Phi) is 2.98. The first-order valence-corrected chi connectivity index (χ1v) is 5.15. The number of aliphatic hydroxyl groups is 5. The Morgan fingerprint density at radius 1 is 1.00 bits per heavy atom. The molecule has 6 atom stereocenters. The lowest BCUT2D eigenvalue weighted by molar-refractivity contribution is -0.00253. The van der Waals surface area contributed by atoms with E-state index in [0.717, 1.165) is 0 Å². The third-order valence-electron chi connectivity index (χ3n) is 3.55. The highest BCUT2D eigenvalue weighted by Gasteiger charge is 2.56. The van der Waals surface area contributed by atoms with Crippen molar-refractivity contribution in [3.8, 4) is 0 Å². The molecule has 2 saturated heterocycles. The summed E-state index contributed by atoms with van der Waals surface area (Å²) >= 11 is 0. The molecule has 0 aliphatic carbocycles. The third kappa shape index (κ3) is 1.49. The predicted octanol–water partition coefficient (Wildman–Crippen LogP) is -3.12. The molecule has 0 aromatic heterocycles. The Balaban J connectivity index is 2.24. The van der Waals surface area contributed by atoms with Gasteiger partial charge in [-0.15, -0.1) is 0 Å². The average Bonchev–Trinajstić information content (AvgIpc) is 2.67. The summed E-state index contributed by atoms with van der Waals surface area (Å²) < 4.78 is 0. The molecule has 2 fully saturated rings. The second kappa shape index (κ2) is 3.97. The largest absolute Gasteiger partial charge is 0.395 e. The first-order chi connectivity index (χ1) is 7.11. The van der Waals surface area contributed by atoms with Crippen molar-refractivity contribution in [1.82, 2.24) is 4.90 Å². The van der Waals surface area contributed by atoms with Gasteiger partial charge in [0.15, 0.2) is 0 Å². The van der Waals surface area contributed by atoms with Crippen molar-refractivity contribution in [2.24, 2.45) is 0 Å². The minimum Gasteiger partial charge on any atom is -0.395 e. The number of hydrogen-bond donors (Lipinski definition) is 5. The topological polar surface area (TPSA) is 104 Å². The van der Waals surface area contributed by atoms with Crippen LogP contribution < -0.4 is 0 Å². The number of hydrogen-bond acceptors (Lipinski definition) is 6. The molecule has 0 spiro atoms. The molecule has 0 amide bonds. The Morgan fingerprint density at radius 2 is 1.67 bits per heavy atom. The van der Waals surface area contributed by atoms with Crippen LogP contribution in [-0.2, 0) is 0 Å². The van der Waals surface area contributed by atoms with Gasteiger partial charge in [0, 0.05) is 6.04 Å². The maximum atomic E-state index is 9.71. The van der Waals surface area contributed by atoms with Gasteiger partial charge in [-0.1, -0.05) is 0 Å². The fraction of sp³-hybridized carbons (Fsp3) is 1.00. The summed E-state index contributed by atoms with van der Waals surface area (Å²) in [6.45, 7) is -0.443. The fourth-order valence-electron chi connectivity index (χ4n) is 2.85. The SMILES string of the molecule is OC[C@H]1C[C@@H](O)[C@@H]2[C@@H](O)[C@@H](O)[C@H](CO)N12. The van der Waals surface area contributed by atoms with Gasteiger partial charge in [-0.25, -0.2) is 0 Å². The van der Waals surface area contributed by atoms with Gasteiger partial charge < -0.3 is 25.5 Å². The summed E-state index contributed by atoms with van der Waals surface area (Å²) in [5.74, 6) is 0. The third-order valence-corrected chi connectivity index (χ3v) is 3.55. The van der Waals surface area contributed by atoms with Crippen LogP contribution in [0.5, 0.6) is 0 Å². The van der Waals surface area contributed by atoms with E-state index in [-0.39, 0.29) is 19.3 Å². The molecule has 5 N–H and O–H groups in total. The Morgan fingerprint density at radius 3 is 2.20 bits per heavy atom. The molecule has 6 heteroatoms. The molecule has 88 valence electrons. The van der Waals surface area contributed by atoms with Crippen LogP contribution >= 0.6 is 0 Å². The van der Waals surface area contributed by atoms with Gasteiger partial charge in [0.05, 0.1) is 43.6 Å². The van der Waals surface area contributed by atoms with Gasteiger partial charge in [-0.05, 0) is 6.42 Å². The summed E-state index contributed by atoms with van der Waals surface area (Å²) in [5.41, 5.74) is 0. The number of fused-ring (bicyclic) bond motifs is 1. The van der Waals surface area contributed by atoms with Crippen LogP contribution in [0.4, 0.5) is 0 Å². The van der Waals surface area contributed by atoms with E-state index in [2.05, 4.69) is 0 Å². The number of rotatable bonds is 2. The normalized spacial score (nSPS) is 51.0. The summed E-state index contributed by atoms with van der Waals surface area (Å²) in [7, 11) is 0. The second-order valence-electron chi connectivity index (χ2n) is 4.31. The molecular weight excluding hydrogens is 202 g/mol. The van der Waals surface area contributed by atoms with Crippen molar-refractivity contribution in [2.45, 2.75) is 42.9 Å². The zero-order chi connectivity index (χ0) is 11.2. The lowest BCUT2D eigenvalue weighted by Gasteiger charge is -2.28. The molecule has 2 aliphatic rings. The zero-order valence-corrected chi connectivity index (χ0v) is 8.27. The maximum Gasteiger partial charge on any atom is 0.0995 e. The van der Waals surface area contributed by atoms with Gasteiger partial charge in [-0.2, -0.15) is 0 Å². The highest BCUT2D eigenvalue weighted by molar-refractivity contribution is 5.10. The summed E-state index contributed by atoms with van der Waals surface area (Å²) in [4.78, 5) is 1.64. The Bertz CT molecular complexity index is 239. The van der Waals surface area contributed by atoms with Crippen molar-refractivity contribution < 1.29 is 25.5 Å². The lowest BCUT2D eigenvalue weighted by Crippen LogP contribution is -2.45. The van der Waals surface area contributed by atoms with E-state index in [1.807, 2.05) is 0 Å². The van der Waals surface area contributed by atoms with E-state index in [9.17, 15) is 15.3 Å². The van der Waals surface area contributed by atoms with E-state index in [1.54, 1.807) is 4.90 Å². The van der Waals surface area contributed by atoms with Crippen molar-refractivity contribution in [2.75, 3.05) is 13.2 Å². The highest BCUT2D eigenvalue weighted by Crippen LogP contribution is 2.37. The summed E-state index contributed by atoms with van der Waals surface area (Å²) in [5, 5.41) is 47.3. The fourth-order valence-corrected chi connectivity index (χ4v) is 2.85. The van der Waals surface area contributed by atoms with Crippen molar-refractivity contribution in [3.05, 3.63) is 0 Å². The minimum atomic E-state index is -1.07. The van der Waals surface area contributed by atoms with Gasteiger partial charge >= 0.3 is 0 Å². The van der Waals surface area contributed by atoms with Gasteiger partial charge in [0.25, 0.3) is 0 Å². The molecule has 0 unspecified atom stereocenters. The molecule has 0 radical (unpaired) electrons. The molecule has 15 heavy (non-hydrogen) atoms. The number of aliphatic hydroxyl groups excluding tert-OH is 5. The average molecular weight is 219 g/mol. The first kappa shape index (κ1) is 11.3. The molecule has 0 aromatic carbocycles. The zero-order valence-electron chi connectivity index (χ0n) is 8.27. The quantitative estimate of drug-likeness (QED) is 0.336. The molecule has 2 rings (SSSR count). The van der Waals surface area contributed by atoms with E-state index < -0.39 is 30.4 Å². The van der Waals surface area contributed by atoms with Crippen molar-refractivity contribution in [3.63, 3.8) is 0 Å². The van der Waals surface area contributed by atoms with Crippen LogP contribution in [-0.4, -0.2) is 80.1 Å². The molecular formula is C9H17NO5. The summed E-state index contributed by atoms with van der Waals surface area (Å²) in [6.07, 6.45) is -2.53. The molecule has 2 aliphatic heterocycles. The molecule has 0 aromatic rings. The standard InChI is InChI=1S/C9H17NO5/c11-2-4-1-6(13)7-9(15)8(14)5(3-12)10(4)7/h4-9,11-15H,1-3H2/t4-,5+,6-,7-,8+,9-/m1/s1. The van der Waals surface area contributed by atoms with E-state index in [1.165, 1.54) is 0 Å². The Hall–Kier alpha value is -0.240. The van der Waals surface area contributed by atoms with Crippen molar-refractivity contribution in [1.29, 1.82) is 0 Å². The smallest absolute Gasteiger partial charge is 0.0995 e. The van der Waals surface area contributed by atoms with E-state index in [4.69, 9.17) is 10.2 Å². The molecule has 0 bridgehead atoms. The monoisotopic (exact) mass is 219 g/mol. The van der Waals surface area contributed by atoms with Crippen LogP contribution in [0, 0.1) is 0 Å². The molecule has 6 nitrogen and oxygen atoms in total. The van der Waals surface area contributed by atoms with Gasteiger partial charge in [0.1, 0.15) is 0 Å². The Labute approximate surface area is 87.4 Å². The maximum absolute atomic E-state index is 9.71. The van der Waals surface area contributed by atoms with Crippen LogP contribution in [0.2, 0.25) is 0 Å². The lowest BCUT2D eigenvalue weighted by atomic mass is 10.0.